The molecule has 104 valence electrons. The molecule has 0 aliphatic rings. The standard InChI is InChI=1S/C16H19N3O/c1-4-17-14-11-12(2)8-9-13(14)16(20)19(3)15-7-5-6-10-18-15/h5-11,17H,4H2,1-3H3. The van der Waals surface area contributed by atoms with E-state index in [2.05, 4.69) is 10.3 Å². The highest BCUT2D eigenvalue weighted by molar-refractivity contribution is 6.08. The second-order valence-electron chi connectivity index (χ2n) is 4.63. The number of hydrogen-bond donors (Lipinski definition) is 1. The predicted octanol–water partition coefficient (Wildman–Crippen LogP) is 3.10. The summed E-state index contributed by atoms with van der Waals surface area (Å²) in [6, 6.07) is 11.3. The molecule has 4 heteroatoms. The first kappa shape index (κ1) is 14.1. The van der Waals surface area contributed by atoms with Crippen molar-refractivity contribution >= 4 is 17.4 Å². The minimum atomic E-state index is -0.0698. The smallest absolute Gasteiger partial charge is 0.261 e. The first-order valence-corrected chi connectivity index (χ1v) is 6.67. The zero-order chi connectivity index (χ0) is 14.5. The van der Waals surface area contributed by atoms with Gasteiger partial charge in [-0.05, 0) is 43.7 Å². The van der Waals surface area contributed by atoms with Crippen LogP contribution in [0.1, 0.15) is 22.8 Å². The molecule has 0 radical (unpaired) electrons. The van der Waals surface area contributed by atoms with E-state index in [4.69, 9.17) is 0 Å². The van der Waals surface area contributed by atoms with Gasteiger partial charge in [0.25, 0.3) is 5.91 Å². The fourth-order valence-corrected chi connectivity index (χ4v) is 2.02. The molecule has 0 unspecified atom stereocenters. The van der Waals surface area contributed by atoms with E-state index < -0.39 is 0 Å². The van der Waals surface area contributed by atoms with E-state index in [1.165, 1.54) is 0 Å². The summed E-state index contributed by atoms with van der Waals surface area (Å²) < 4.78 is 0. The van der Waals surface area contributed by atoms with Gasteiger partial charge in [0.2, 0.25) is 0 Å². The van der Waals surface area contributed by atoms with Crippen molar-refractivity contribution in [1.29, 1.82) is 0 Å². The van der Waals surface area contributed by atoms with Crippen LogP contribution in [0.3, 0.4) is 0 Å². The van der Waals surface area contributed by atoms with E-state index in [9.17, 15) is 4.79 Å². The van der Waals surface area contributed by atoms with Crippen molar-refractivity contribution in [3.05, 3.63) is 53.7 Å². The number of aryl methyl sites for hydroxylation is 1. The van der Waals surface area contributed by atoms with Gasteiger partial charge in [0.15, 0.2) is 0 Å². The van der Waals surface area contributed by atoms with Crippen molar-refractivity contribution in [2.45, 2.75) is 13.8 Å². The third-order valence-electron chi connectivity index (χ3n) is 3.07. The molecule has 1 heterocycles. The molecule has 1 aromatic heterocycles. The second-order valence-corrected chi connectivity index (χ2v) is 4.63. The molecule has 0 saturated carbocycles. The van der Waals surface area contributed by atoms with Gasteiger partial charge < -0.3 is 5.32 Å². The summed E-state index contributed by atoms with van der Waals surface area (Å²) in [5, 5.41) is 3.24. The van der Waals surface area contributed by atoms with Crippen LogP contribution in [-0.2, 0) is 0 Å². The number of carbonyl (C=O) groups is 1. The summed E-state index contributed by atoms with van der Waals surface area (Å²) in [7, 11) is 1.74. The van der Waals surface area contributed by atoms with Crippen molar-refractivity contribution in [3.63, 3.8) is 0 Å². The van der Waals surface area contributed by atoms with Gasteiger partial charge >= 0.3 is 0 Å². The topological polar surface area (TPSA) is 45.2 Å². The highest BCUT2D eigenvalue weighted by Crippen LogP contribution is 2.21. The molecule has 0 spiro atoms. The van der Waals surface area contributed by atoms with Gasteiger partial charge in [-0.25, -0.2) is 4.98 Å². The van der Waals surface area contributed by atoms with E-state index in [0.29, 0.717) is 11.4 Å². The highest BCUT2D eigenvalue weighted by atomic mass is 16.2. The lowest BCUT2D eigenvalue weighted by Gasteiger charge is -2.18. The summed E-state index contributed by atoms with van der Waals surface area (Å²) in [5.41, 5.74) is 2.64. The minimum absolute atomic E-state index is 0.0698. The van der Waals surface area contributed by atoms with E-state index >= 15 is 0 Å². The molecule has 20 heavy (non-hydrogen) atoms. The van der Waals surface area contributed by atoms with Gasteiger partial charge in [-0.3, -0.25) is 9.69 Å². The van der Waals surface area contributed by atoms with Crippen LogP contribution < -0.4 is 10.2 Å². The average molecular weight is 269 g/mol. The van der Waals surface area contributed by atoms with Crippen LogP contribution in [0.25, 0.3) is 0 Å². The average Bonchev–Trinajstić information content (AvgIpc) is 2.47. The lowest BCUT2D eigenvalue weighted by Crippen LogP contribution is -2.27. The molecule has 1 amide bonds. The summed E-state index contributed by atoms with van der Waals surface area (Å²) in [6.07, 6.45) is 1.68. The minimum Gasteiger partial charge on any atom is -0.385 e. The number of nitrogens with one attached hydrogen (secondary N) is 1. The first-order valence-electron chi connectivity index (χ1n) is 6.67. The van der Waals surface area contributed by atoms with Gasteiger partial charge in [0, 0.05) is 25.5 Å². The molecular formula is C16H19N3O. The Kier molecular flexibility index (Phi) is 4.35. The third kappa shape index (κ3) is 2.96. The van der Waals surface area contributed by atoms with Crippen molar-refractivity contribution in [2.75, 3.05) is 23.8 Å². The number of amides is 1. The predicted molar refractivity (Wildman–Crippen MR) is 82.3 cm³/mol. The van der Waals surface area contributed by atoms with Crippen LogP contribution in [0.5, 0.6) is 0 Å². The zero-order valence-corrected chi connectivity index (χ0v) is 12.1. The number of aromatic nitrogens is 1. The first-order chi connectivity index (χ1) is 9.63. The lowest BCUT2D eigenvalue weighted by molar-refractivity contribution is 0.0993. The maximum atomic E-state index is 12.6. The van der Waals surface area contributed by atoms with Crippen molar-refractivity contribution in [2.24, 2.45) is 0 Å². The second kappa shape index (κ2) is 6.19. The van der Waals surface area contributed by atoms with Gasteiger partial charge in [-0.2, -0.15) is 0 Å². The number of benzene rings is 1. The molecule has 0 fully saturated rings. The summed E-state index contributed by atoms with van der Waals surface area (Å²) in [5.74, 6) is 0.570. The van der Waals surface area contributed by atoms with Crippen LogP contribution in [0.4, 0.5) is 11.5 Å². The van der Waals surface area contributed by atoms with Gasteiger partial charge in [-0.15, -0.1) is 0 Å². The van der Waals surface area contributed by atoms with Crippen LogP contribution in [0.2, 0.25) is 0 Å². The highest BCUT2D eigenvalue weighted by Gasteiger charge is 2.17. The van der Waals surface area contributed by atoms with Gasteiger partial charge in [0.1, 0.15) is 5.82 Å². The molecule has 4 nitrogen and oxygen atoms in total. The maximum Gasteiger partial charge on any atom is 0.261 e. The van der Waals surface area contributed by atoms with Crippen LogP contribution in [-0.4, -0.2) is 24.5 Å². The van der Waals surface area contributed by atoms with Gasteiger partial charge in [0.05, 0.1) is 5.56 Å². The van der Waals surface area contributed by atoms with E-state index in [1.54, 1.807) is 18.1 Å². The lowest BCUT2D eigenvalue weighted by atomic mass is 10.1. The van der Waals surface area contributed by atoms with Crippen LogP contribution in [0.15, 0.2) is 42.6 Å². The van der Waals surface area contributed by atoms with Crippen molar-refractivity contribution in [3.8, 4) is 0 Å². The quantitative estimate of drug-likeness (QED) is 0.927. The van der Waals surface area contributed by atoms with Crippen LogP contribution >= 0.6 is 0 Å². The number of rotatable bonds is 4. The molecule has 1 N–H and O–H groups in total. The number of pyridine rings is 1. The van der Waals surface area contributed by atoms with Crippen LogP contribution in [0, 0.1) is 6.92 Å². The molecule has 2 aromatic rings. The molecule has 1 aromatic carbocycles. The summed E-state index contributed by atoms with van der Waals surface area (Å²) >= 11 is 0. The van der Waals surface area contributed by atoms with Crippen molar-refractivity contribution in [1.82, 2.24) is 4.98 Å². The Morgan fingerprint density at radius 3 is 2.75 bits per heavy atom. The van der Waals surface area contributed by atoms with Gasteiger partial charge in [-0.1, -0.05) is 12.1 Å². The maximum absolute atomic E-state index is 12.6. The Balaban J connectivity index is 2.33. The normalized spacial score (nSPS) is 10.2. The Labute approximate surface area is 119 Å². The Bertz CT molecular complexity index is 596. The Morgan fingerprint density at radius 2 is 2.10 bits per heavy atom. The van der Waals surface area contributed by atoms with Crippen molar-refractivity contribution < 1.29 is 4.79 Å². The largest absolute Gasteiger partial charge is 0.385 e. The van der Waals surface area contributed by atoms with E-state index in [1.807, 2.05) is 50.2 Å². The molecule has 0 bridgehead atoms. The summed E-state index contributed by atoms with van der Waals surface area (Å²) in [4.78, 5) is 18.4. The molecular weight excluding hydrogens is 250 g/mol. The zero-order valence-electron chi connectivity index (χ0n) is 12.1. The summed E-state index contributed by atoms with van der Waals surface area (Å²) in [6.45, 7) is 4.80. The number of anilines is 2. The number of carbonyl (C=O) groups excluding carboxylic acids is 1. The Hall–Kier alpha value is -2.36. The molecule has 0 aliphatic carbocycles. The SMILES string of the molecule is CCNc1cc(C)ccc1C(=O)N(C)c1ccccn1. The molecule has 0 saturated heterocycles. The molecule has 2 rings (SSSR count). The fourth-order valence-electron chi connectivity index (χ4n) is 2.02. The van der Waals surface area contributed by atoms with E-state index in [-0.39, 0.29) is 5.91 Å². The molecule has 0 aliphatic heterocycles. The molecule has 0 atom stereocenters. The number of nitrogens with zero attached hydrogens (tertiary/aromatic N) is 2. The third-order valence-corrected chi connectivity index (χ3v) is 3.07. The fraction of sp³-hybridized carbons (Fsp3) is 0.250. The number of hydrogen-bond acceptors (Lipinski definition) is 3. The van der Waals surface area contributed by atoms with E-state index in [0.717, 1.165) is 17.8 Å². The Morgan fingerprint density at radius 1 is 1.30 bits per heavy atom. The monoisotopic (exact) mass is 269 g/mol.